The van der Waals surface area contributed by atoms with Gasteiger partial charge >= 0.3 is 0 Å². The van der Waals surface area contributed by atoms with Crippen molar-refractivity contribution in [2.75, 3.05) is 12.3 Å². The zero-order chi connectivity index (χ0) is 12.2. The van der Waals surface area contributed by atoms with Gasteiger partial charge in [-0.05, 0) is 31.2 Å². The summed E-state index contributed by atoms with van der Waals surface area (Å²) in [7, 11) is -2.95. The minimum atomic E-state index is -2.95. The van der Waals surface area contributed by atoms with Crippen LogP contribution in [-0.2, 0) is 9.84 Å². The third kappa shape index (κ3) is 3.74. The molecule has 1 aliphatic carbocycles. The van der Waals surface area contributed by atoms with Crippen molar-refractivity contribution in [1.29, 1.82) is 0 Å². The van der Waals surface area contributed by atoms with Crippen LogP contribution in [0.1, 0.15) is 46.0 Å². The number of sulfone groups is 1. The van der Waals surface area contributed by atoms with Crippen molar-refractivity contribution in [1.82, 2.24) is 0 Å². The van der Waals surface area contributed by atoms with E-state index < -0.39 is 9.84 Å². The van der Waals surface area contributed by atoms with E-state index in [9.17, 15) is 8.42 Å². The van der Waals surface area contributed by atoms with Gasteiger partial charge in [0.1, 0.15) is 0 Å². The van der Waals surface area contributed by atoms with Crippen LogP contribution < -0.4 is 5.73 Å². The Labute approximate surface area is 99.7 Å². The zero-order valence-corrected chi connectivity index (χ0v) is 11.3. The average molecular weight is 247 g/mol. The SMILES string of the molecule is CC(C)CS(=O)(=O)C1CCCCCC1CN. The molecular weight excluding hydrogens is 222 g/mol. The van der Waals surface area contributed by atoms with Gasteiger partial charge in [0.25, 0.3) is 0 Å². The minimum absolute atomic E-state index is 0.178. The standard InChI is InChI=1S/C12H25NO2S/c1-10(2)9-16(14,15)12-7-5-3-4-6-11(12)8-13/h10-12H,3-9,13H2,1-2H3. The third-order valence-electron chi connectivity index (χ3n) is 3.42. The van der Waals surface area contributed by atoms with Crippen molar-refractivity contribution < 1.29 is 8.42 Å². The highest BCUT2D eigenvalue weighted by molar-refractivity contribution is 7.92. The third-order valence-corrected chi connectivity index (χ3v) is 6.09. The molecule has 0 saturated heterocycles. The Kier molecular flexibility index (Phi) is 5.25. The van der Waals surface area contributed by atoms with Gasteiger partial charge < -0.3 is 5.73 Å². The first kappa shape index (κ1) is 14.0. The lowest BCUT2D eigenvalue weighted by molar-refractivity contribution is 0.453. The first-order valence-corrected chi connectivity index (χ1v) is 8.10. The van der Waals surface area contributed by atoms with Crippen LogP contribution in [0, 0.1) is 11.8 Å². The molecule has 0 spiro atoms. The molecule has 1 fully saturated rings. The highest BCUT2D eigenvalue weighted by atomic mass is 32.2. The summed E-state index contributed by atoms with van der Waals surface area (Å²) in [6.45, 7) is 4.44. The summed E-state index contributed by atoms with van der Waals surface area (Å²) < 4.78 is 24.5. The summed E-state index contributed by atoms with van der Waals surface area (Å²) in [5.74, 6) is 0.715. The minimum Gasteiger partial charge on any atom is -0.330 e. The highest BCUT2D eigenvalue weighted by Gasteiger charge is 2.33. The van der Waals surface area contributed by atoms with Crippen molar-refractivity contribution in [2.45, 2.75) is 51.2 Å². The molecule has 2 N–H and O–H groups in total. The molecule has 1 rings (SSSR count). The van der Waals surface area contributed by atoms with Crippen molar-refractivity contribution in [3.05, 3.63) is 0 Å². The van der Waals surface area contributed by atoms with E-state index in [0.717, 1.165) is 32.1 Å². The van der Waals surface area contributed by atoms with E-state index in [1.807, 2.05) is 13.8 Å². The molecular formula is C12H25NO2S. The Morgan fingerprint density at radius 3 is 2.38 bits per heavy atom. The van der Waals surface area contributed by atoms with Crippen molar-refractivity contribution in [2.24, 2.45) is 17.6 Å². The monoisotopic (exact) mass is 247 g/mol. The van der Waals surface area contributed by atoms with Gasteiger partial charge in [0, 0.05) is 0 Å². The fraction of sp³-hybridized carbons (Fsp3) is 1.00. The number of hydrogen-bond donors (Lipinski definition) is 1. The zero-order valence-electron chi connectivity index (χ0n) is 10.5. The molecule has 2 atom stereocenters. The van der Waals surface area contributed by atoms with Gasteiger partial charge in [-0.3, -0.25) is 0 Å². The van der Waals surface area contributed by atoms with Crippen LogP contribution in [0.4, 0.5) is 0 Å². The van der Waals surface area contributed by atoms with Gasteiger partial charge in [-0.1, -0.05) is 33.1 Å². The summed E-state index contributed by atoms with van der Waals surface area (Å²) in [4.78, 5) is 0. The fourth-order valence-corrected chi connectivity index (χ4v) is 5.22. The van der Waals surface area contributed by atoms with Gasteiger partial charge in [-0.25, -0.2) is 8.42 Å². The van der Waals surface area contributed by atoms with E-state index >= 15 is 0 Å². The highest BCUT2D eigenvalue weighted by Crippen LogP contribution is 2.29. The van der Waals surface area contributed by atoms with Gasteiger partial charge in [-0.2, -0.15) is 0 Å². The molecule has 0 aliphatic heterocycles. The van der Waals surface area contributed by atoms with Crippen LogP contribution in [0.25, 0.3) is 0 Å². The second kappa shape index (κ2) is 6.01. The van der Waals surface area contributed by atoms with E-state index in [1.165, 1.54) is 0 Å². The second-order valence-electron chi connectivity index (χ2n) is 5.40. The Balaban J connectivity index is 2.80. The molecule has 1 aliphatic rings. The Bertz CT molecular complexity index is 298. The molecule has 1 saturated carbocycles. The molecule has 3 nitrogen and oxygen atoms in total. The van der Waals surface area contributed by atoms with Crippen molar-refractivity contribution in [3.63, 3.8) is 0 Å². The topological polar surface area (TPSA) is 60.2 Å². The number of hydrogen-bond acceptors (Lipinski definition) is 3. The van der Waals surface area contributed by atoms with E-state index in [1.54, 1.807) is 0 Å². The lowest BCUT2D eigenvalue weighted by Gasteiger charge is -2.24. The maximum Gasteiger partial charge on any atom is 0.153 e. The maximum atomic E-state index is 12.3. The molecule has 0 aromatic heterocycles. The predicted octanol–water partition coefficient (Wildman–Crippen LogP) is 1.96. The van der Waals surface area contributed by atoms with Gasteiger partial charge in [0.15, 0.2) is 9.84 Å². The smallest absolute Gasteiger partial charge is 0.153 e. The molecule has 0 aromatic carbocycles. The largest absolute Gasteiger partial charge is 0.330 e. The first-order chi connectivity index (χ1) is 7.47. The molecule has 16 heavy (non-hydrogen) atoms. The maximum absolute atomic E-state index is 12.3. The van der Waals surface area contributed by atoms with Crippen LogP contribution in [0.15, 0.2) is 0 Å². The first-order valence-electron chi connectivity index (χ1n) is 6.39. The average Bonchev–Trinajstić information content (AvgIpc) is 2.40. The van der Waals surface area contributed by atoms with Crippen LogP contribution in [0.2, 0.25) is 0 Å². The Morgan fingerprint density at radius 1 is 1.19 bits per heavy atom. The number of nitrogens with two attached hydrogens (primary N) is 1. The fourth-order valence-electron chi connectivity index (χ4n) is 2.68. The second-order valence-corrected chi connectivity index (χ2v) is 7.66. The van der Waals surface area contributed by atoms with E-state index in [-0.39, 0.29) is 17.1 Å². The van der Waals surface area contributed by atoms with Crippen LogP contribution in [0.3, 0.4) is 0 Å². The number of rotatable bonds is 4. The molecule has 0 aromatic rings. The summed E-state index contributed by atoms with van der Waals surface area (Å²) >= 11 is 0. The summed E-state index contributed by atoms with van der Waals surface area (Å²) in [6, 6.07) is 0. The van der Waals surface area contributed by atoms with Crippen molar-refractivity contribution >= 4 is 9.84 Å². The van der Waals surface area contributed by atoms with E-state index in [2.05, 4.69) is 0 Å². The van der Waals surface area contributed by atoms with E-state index in [4.69, 9.17) is 5.73 Å². The predicted molar refractivity (Wildman–Crippen MR) is 68.0 cm³/mol. The van der Waals surface area contributed by atoms with Gasteiger partial charge in [0.2, 0.25) is 0 Å². The Morgan fingerprint density at radius 2 is 1.81 bits per heavy atom. The molecule has 2 unspecified atom stereocenters. The summed E-state index contributed by atoms with van der Waals surface area (Å²) in [6.07, 6.45) is 5.13. The molecule has 0 heterocycles. The molecule has 0 radical (unpaired) electrons. The molecule has 0 amide bonds. The van der Waals surface area contributed by atoms with Crippen LogP contribution >= 0.6 is 0 Å². The summed E-state index contributed by atoms with van der Waals surface area (Å²) in [5, 5.41) is -0.178. The van der Waals surface area contributed by atoms with Crippen molar-refractivity contribution in [3.8, 4) is 0 Å². The van der Waals surface area contributed by atoms with Crippen LogP contribution in [0.5, 0.6) is 0 Å². The normalized spacial score (nSPS) is 28.0. The van der Waals surface area contributed by atoms with Gasteiger partial charge in [0.05, 0.1) is 11.0 Å². The lowest BCUT2D eigenvalue weighted by Crippen LogP contribution is -2.36. The quantitative estimate of drug-likeness (QED) is 0.773. The van der Waals surface area contributed by atoms with E-state index in [0.29, 0.717) is 12.3 Å². The molecule has 96 valence electrons. The molecule has 4 heteroatoms. The molecule has 0 bridgehead atoms. The van der Waals surface area contributed by atoms with Gasteiger partial charge in [-0.15, -0.1) is 0 Å². The lowest BCUT2D eigenvalue weighted by atomic mass is 10.0. The van der Waals surface area contributed by atoms with Crippen LogP contribution in [-0.4, -0.2) is 26.0 Å². The Hall–Kier alpha value is -0.0900. The summed E-state index contributed by atoms with van der Waals surface area (Å²) in [5.41, 5.74) is 5.73.